The van der Waals surface area contributed by atoms with E-state index in [4.69, 9.17) is 4.74 Å². The lowest BCUT2D eigenvalue weighted by Gasteiger charge is -2.19. The minimum absolute atomic E-state index is 0.368. The van der Waals surface area contributed by atoms with Crippen LogP contribution < -0.4 is 10.1 Å². The number of amides is 1. The summed E-state index contributed by atoms with van der Waals surface area (Å²) in [4.78, 5) is 11.3. The van der Waals surface area contributed by atoms with Crippen LogP contribution in [0.5, 0.6) is 5.75 Å². The molecule has 0 radical (unpaired) electrons. The van der Waals surface area contributed by atoms with Crippen LogP contribution in [0.1, 0.15) is 17.2 Å². The molecule has 0 saturated carbocycles. The molecule has 1 amide bonds. The van der Waals surface area contributed by atoms with Crippen molar-refractivity contribution in [2.75, 3.05) is 13.7 Å². The van der Waals surface area contributed by atoms with Crippen LogP contribution in [0.25, 0.3) is 0 Å². The topological polar surface area (TPSA) is 47.6 Å². The van der Waals surface area contributed by atoms with Gasteiger partial charge in [-0.05, 0) is 12.5 Å². The average molecular weight is 261 g/mol. The molecule has 19 heavy (non-hydrogen) atoms. The van der Waals surface area contributed by atoms with E-state index in [2.05, 4.69) is 23.2 Å². The Bertz CT molecular complexity index is 468. The van der Waals surface area contributed by atoms with Gasteiger partial charge in [0.25, 0.3) is 0 Å². The fraction of sp³-hybridized carbons (Fsp3) is 0.267. The molecule has 0 aliphatic rings. The molecule has 1 unspecified atom stereocenters. The van der Waals surface area contributed by atoms with Gasteiger partial charge in [0.1, 0.15) is 12.4 Å². The molecule has 0 aromatic heterocycles. The molecular weight excluding hydrogens is 242 g/mol. The van der Waals surface area contributed by atoms with E-state index in [1.54, 1.807) is 12.2 Å². The van der Waals surface area contributed by atoms with Crippen molar-refractivity contribution in [1.82, 2.24) is 5.32 Å². The minimum atomic E-state index is -0.513. The van der Waals surface area contributed by atoms with Crippen molar-refractivity contribution in [2.24, 2.45) is 0 Å². The number of ether oxygens (including phenoxy) is 2. The summed E-state index contributed by atoms with van der Waals surface area (Å²) in [6, 6.07) is 5.36. The van der Waals surface area contributed by atoms with Crippen molar-refractivity contribution in [2.45, 2.75) is 13.0 Å². The summed E-state index contributed by atoms with van der Waals surface area (Å²) in [5.41, 5.74) is 1.82. The van der Waals surface area contributed by atoms with Crippen LogP contribution >= 0.6 is 0 Å². The number of carbonyl (C=O) groups is 1. The van der Waals surface area contributed by atoms with Crippen LogP contribution in [0.3, 0.4) is 0 Å². The lowest BCUT2D eigenvalue weighted by Crippen LogP contribution is -2.27. The molecule has 0 spiro atoms. The van der Waals surface area contributed by atoms with Crippen molar-refractivity contribution >= 4 is 6.09 Å². The monoisotopic (exact) mass is 261 g/mol. The molecule has 102 valence electrons. The first-order valence-electron chi connectivity index (χ1n) is 5.94. The maximum atomic E-state index is 11.3. The van der Waals surface area contributed by atoms with E-state index in [1.807, 2.05) is 25.1 Å². The summed E-state index contributed by atoms with van der Waals surface area (Å²) in [7, 11) is 1.32. The zero-order valence-electron chi connectivity index (χ0n) is 11.3. The molecule has 0 bridgehead atoms. The molecule has 0 aliphatic carbocycles. The molecule has 0 fully saturated rings. The van der Waals surface area contributed by atoms with E-state index in [1.165, 1.54) is 7.11 Å². The highest BCUT2D eigenvalue weighted by atomic mass is 16.5. The van der Waals surface area contributed by atoms with Gasteiger partial charge >= 0.3 is 6.09 Å². The van der Waals surface area contributed by atoms with Crippen LogP contribution in [-0.4, -0.2) is 19.8 Å². The lowest BCUT2D eigenvalue weighted by molar-refractivity contribution is 0.168. The molecule has 1 aromatic carbocycles. The Labute approximate surface area is 113 Å². The third-order valence-corrected chi connectivity index (χ3v) is 2.62. The van der Waals surface area contributed by atoms with Gasteiger partial charge in [-0.2, -0.15) is 0 Å². The molecule has 0 saturated heterocycles. The summed E-state index contributed by atoms with van der Waals surface area (Å²) < 4.78 is 10.3. The number of hydrogen-bond donors (Lipinski definition) is 1. The highest BCUT2D eigenvalue weighted by molar-refractivity contribution is 5.68. The summed E-state index contributed by atoms with van der Waals surface area (Å²) in [6.07, 6.45) is 2.79. The van der Waals surface area contributed by atoms with Crippen LogP contribution in [0.4, 0.5) is 4.79 Å². The van der Waals surface area contributed by atoms with Crippen LogP contribution in [0.2, 0.25) is 0 Å². The summed E-state index contributed by atoms with van der Waals surface area (Å²) in [5, 5.41) is 2.69. The van der Waals surface area contributed by atoms with E-state index < -0.39 is 6.09 Å². The third-order valence-electron chi connectivity index (χ3n) is 2.62. The first kappa shape index (κ1) is 14.8. The Hall–Kier alpha value is -2.23. The van der Waals surface area contributed by atoms with Gasteiger partial charge in [-0.15, -0.1) is 6.58 Å². The second kappa shape index (κ2) is 7.26. The first-order chi connectivity index (χ1) is 9.13. The van der Waals surface area contributed by atoms with Gasteiger partial charge in [0.2, 0.25) is 0 Å². The Morgan fingerprint density at radius 3 is 2.79 bits per heavy atom. The highest BCUT2D eigenvalue weighted by Crippen LogP contribution is 2.29. The molecular formula is C15H19NO3. The Morgan fingerprint density at radius 2 is 2.21 bits per heavy atom. The molecule has 1 atom stereocenters. The van der Waals surface area contributed by atoms with Gasteiger partial charge in [0, 0.05) is 5.56 Å². The van der Waals surface area contributed by atoms with Gasteiger partial charge in [-0.1, -0.05) is 36.9 Å². The van der Waals surface area contributed by atoms with E-state index in [0.29, 0.717) is 6.61 Å². The van der Waals surface area contributed by atoms with Crippen molar-refractivity contribution in [3.8, 4) is 5.75 Å². The Balaban J connectivity index is 3.07. The van der Waals surface area contributed by atoms with Gasteiger partial charge in [-0.3, -0.25) is 0 Å². The van der Waals surface area contributed by atoms with E-state index >= 15 is 0 Å². The first-order valence-corrected chi connectivity index (χ1v) is 5.94. The average Bonchev–Trinajstić information content (AvgIpc) is 2.43. The molecule has 1 aromatic rings. The smallest absolute Gasteiger partial charge is 0.407 e. The van der Waals surface area contributed by atoms with Crippen molar-refractivity contribution in [1.29, 1.82) is 0 Å². The van der Waals surface area contributed by atoms with Crippen LogP contribution in [-0.2, 0) is 4.74 Å². The zero-order chi connectivity index (χ0) is 14.3. The molecule has 4 nitrogen and oxygen atoms in total. The normalized spacial score (nSPS) is 11.3. The summed E-state index contributed by atoms with van der Waals surface area (Å²) in [5.74, 6) is 0.726. The second-order valence-electron chi connectivity index (χ2n) is 3.94. The van der Waals surface area contributed by atoms with Crippen molar-refractivity contribution < 1.29 is 14.3 Å². The molecule has 0 aliphatic heterocycles. The summed E-state index contributed by atoms with van der Waals surface area (Å²) >= 11 is 0. The summed E-state index contributed by atoms with van der Waals surface area (Å²) in [6.45, 7) is 9.70. The van der Waals surface area contributed by atoms with E-state index in [9.17, 15) is 4.79 Å². The molecule has 0 heterocycles. The molecule has 4 heteroatoms. The SMILES string of the molecule is C=CCOc1c(C)cccc1C(C=C)NC(=O)OC. The van der Waals surface area contributed by atoms with Gasteiger partial charge in [0.05, 0.1) is 13.2 Å². The maximum absolute atomic E-state index is 11.3. The quantitative estimate of drug-likeness (QED) is 0.800. The maximum Gasteiger partial charge on any atom is 0.407 e. The van der Waals surface area contributed by atoms with Crippen molar-refractivity contribution in [3.05, 3.63) is 54.6 Å². The van der Waals surface area contributed by atoms with Gasteiger partial charge in [0.15, 0.2) is 0 Å². The van der Waals surface area contributed by atoms with Gasteiger partial charge < -0.3 is 14.8 Å². The number of carbonyl (C=O) groups excluding carboxylic acids is 1. The fourth-order valence-corrected chi connectivity index (χ4v) is 1.71. The third kappa shape index (κ3) is 3.88. The highest BCUT2D eigenvalue weighted by Gasteiger charge is 2.17. The van der Waals surface area contributed by atoms with Gasteiger partial charge in [-0.25, -0.2) is 4.79 Å². The fourth-order valence-electron chi connectivity index (χ4n) is 1.71. The zero-order valence-corrected chi connectivity index (χ0v) is 11.3. The number of benzene rings is 1. The predicted octanol–water partition coefficient (Wildman–Crippen LogP) is 3.14. The van der Waals surface area contributed by atoms with Crippen molar-refractivity contribution in [3.63, 3.8) is 0 Å². The number of rotatable bonds is 6. The van der Waals surface area contributed by atoms with E-state index in [-0.39, 0.29) is 6.04 Å². The number of methoxy groups -OCH3 is 1. The lowest BCUT2D eigenvalue weighted by atomic mass is 10.0. The number of hydrogen-bond acceptors (Lipinski definition) is 3. The predicted molar refractivity (Wildman–Crippen MR) is 75.3 cm³/mol. The van der Waals surface area contributed by atoms with Crippen LogP contribution in [0.15, 0.2) is 43.5 Å². The van der Waals surface area contributed by atoms with Crippen LogP contribution in [0, 0.1) is 6.92 Å². The standard InChI is InChI=1S/C15H19NO3/c1-5-10-19-14-11(3)8-7-9-12(14)13(6-2)16-15(17)18-4/h5-9,13H,1-2,10H2,3-4H3,(H,16,17). The number of aryl methyl sites for hydroxylation is 1. The number of nitrogens with one attached hydrogen (secondary N) is 1. The largest absolute Gasteiger partial charge is 0.489 e. The number of para-hydroxylation sites is 1. The number of alkyl carbamates (subject to hydrolysis) is 1. The Kier molecular flexibility index (Phi) is 5.67. The Morgan fingerprint density at radius 1 is 1.47 bits per heavy atom. The molecule has 1 N–H and O–H groups in total. The van der Waals surface area contributed by atoms with E-state index in [0.717, 1.165) is 16.9 Å². The minimum Gasteiger partial charge on any atom is -0.489 e. The second-order valence-corrected chi connectivity index (χ2v) is 3.94. The molecule has 1 rings (SSSR count).